The van der Waals surface area contributed by atoms with Gasteiger partial charge in [0.25, 0.3) is 0 Å². The van der Waals surface area contributed by atoms with Crippen molar-refractivity contribution in [2.45, 2.75) is 31.7 Å². The number of benzene rings is 1. The normalized spacial score (nSPS) is 18.2. The number of nitrogens with one attached hydrogen (secondary N) is 4. The molecule has 0 spiro atoms. The number of carboxylic acids is 1. The van der Waals surface area contributed by atoms with Crippen molar-refractivity contribution in [1.29, 1.82) is 0 Å². The summed E-state index contributed by atoms with van der Waals surface area (Å²) in [6.07, 6.45) is 0.913. The summed E-state index contributed by atoms with van der Waals surface area (Å²) in [7, 11) is 0. The molecule has 4 rings (SSSR count). The molecule has 5 N–H and O–H groups in total. The molecule has 208 valence electrons. The van der Waals surface area contributed by atoms with Gasteiger partial charge >= 0.3 is 12.1 Å². The maximum Gasteiger partial charge on any atom is 0.408 e. The van der Waals surface area contributed by atoms with Crippen molar-refractivity contribution >= 4 is 35.4 Å². The minimum atomic E-state index is -1.32. The van der Waals surface area contributed by atoms with Crippen LogP contribution in [0.2, 0.25) is 0 Å². The summed E-state index contributed by atoms with van der Waals surface area (Å²) in [5, 5.41) is 20.4. The van der Waals surface area contributed by atoms with Crippen LogP contribution in [0, 0.1) is 5.92 Å². The van der Waals surface area contributed by atoms with Gasteiger partial charge in [-0.1, -0.05) is 30.3 Å². The van der Waals surface area contributed by atoms with Gasteiger partial charge in [0.05, 0.1) is 13.1 Å². The fourth-order valence-corrected chi connectivity index (χ4v) is 4.23. The summed E-state index contributed by atoms with van der Waals surface area (Å²) in [4.78, 5) is 47.0. The first-order chi connectivity index (χ1) is 18.9. The molecule has 0 aliphatic carbocycles. The Morgan fingerprint density at radius 1 is 1.18 bits per heavy atom. The van der Waals surface area contributed by atoms with Crippen molar-refractivity contribution < 1.29 is 28.6 Å². The van der Waals surface area contributed by atoms with Gasteiger partial charge in [0.1, 0.15) is 24.6 Å². The van der Waals surface area contributed by atoms with E-state index in [2.05, 4.69) is 36.1 Å². The molecule has 13 heteroatoms. The summed E-state index contributed by atoms with van der Waals surface area (Å²) in [6, 6.07) is 11.3. The molecule has 2 aromatic rings. The van der Waals surface area contributed by atoms with E-state index in [1.807, 2.05) is 12.1 Å². The molecular weight excluding hydrogens is 509 g/mol. The molecule has 1 aromatic heterocycles. The first kappa shape index (κ1) is 27.6. The number of piperidine rings is 1. The summed E-state index contributed by atoms with van der Waals surface area (Å²) >= 11 is 0. The summed E-state index contributed by atoms with van der Waals surface area (Å²) in [5.41, 5.74) is 1.53. The van der Waals surface area contributed by atoms with Crippen molar-refractivity contribution in [2.75, 3.05) is 42.9 Å². The average molecular weight is 542 g/mol. The molecule has 2 aliphatic heterocycles. The first-order valence-electron chi connectivity index (χ1n) is 12.8. The second-order valence-electron chi connectivity index (χ2n) is 9.30. The lowest BCUT2D eigenvalue weighted by atomic mass is 9.95. The average Bonchev–Trinajstić information content (AvgIpc) is 2.96. The number of carbonyl (C=O) groups excluding carboxylic acids is 2. The van der Waals surface area contributed by atoms with Gasteiger partial charge < -0.3 is 36.0 Å². The minimum Gasteiger partial charge on any atom is -0.480 e. The number of rotatable bonds is 9. The van der Waals surface area contributed by atoms with Crippen molar-refractivity contribution in [2.24, 2.45) is 10.9 Å². The van der Waals surface area contributed by atoms with Gasteiger partial charge in [0, 0.05) is 43.5 Å². The Kier molecular flexibility index (Phi) is 9.48. The molecule has 2 aliphatic rings. The van der Waals surface area contributed by atoms with Gasteiger partial charge in [-0.05, 0) is 24.5 Å². The van der Waals surface area contributed by atoms with Gasteiger partial charge in [-0.15, -0.1) is 0 Å². The van der Waals surface area contributed by atoms with Crippen molar-refractivity contribution in [3.05, 3.63) is 54.2 Å². The first-order valence-corrected chi connectivity index (χ1v) is 12.8. The maximum atomic E-state index is 13.3. The van der Waals surface area contributed by atoms with Crippen LogP contribution in [0.15, 0.2) is 53.7 Å². The van der Waals surface area contributed by atoms with E-state index in [4.69, 9.17) is 4.74 Å². The number of alkyl halides is 1. The van der Waals surface area contributed by atoms with Gasteiger partial charge in [0.2, 0.25) is 5.91 Å². The molecule has 0 radical (unpaired) electrons. The van der Waals surface area contributed by atoms with Crippen LogP contribution in [0.3, 0.4) is 0 Å². The van der Waals surface area contributed by atoms with E-state index in [1.54, 1.807) is 36.5 Å². The fourth-order valence-electron chi connectivity index (χ4n) is 4.23. The number of carbonyl (C=O) groups is 3. The highest BCUT2D eigenvalue weighted by Crippen LogP contribution is 2.24. The lowest BCUT2D eigenvalue weighted by Crippen LogP contribution is -2.50. The molecule has 2 atom stereocenters. The number of pyridine rings is 1. The van der Waals surface area contributed by atoms with Gasteiger partial charge in [-0.3, -0.25) is 4.79 Å². The molecule has 1 aromatic carbocycles. The molecule has 3 heterocycles. The number of hydrogen-bond donors (Lipinski definition) is 5. The van der Waals surface area contributed by atoms with Crippen molar-refractivity contribution in [3.8, 4) is 0 Å². The van der Waals surface area contributed by atoms with E-state index in [9.17, 15) is 23.9 Å². The third-order valence-corrected chi connectivity index (χ3v) is 6.42. The number of nitrogens with zero attached hydrogens (tertiary/aromatic N) is 3. The van der Waals surface area contributed by atoms with Crippen molar-refractivity contribution in [1.82, 2.24) is 20.9 Å². The number of ether oxygens (including phenoxy) is 1. The number of carboxylic acid groups (broad SMARTS) is 1. The van der Waals surface area contributed by atoms with E-state index in [0.717, 1.165) is 17.1 Å². The van der Waals surface area contributed by atoms with Gasteiger partial charge in [0.15, 0.2) is 5.96 Å². The van der Waals surface area contributed by atoms with E-state index >= 15 is 0 Å². The number of aliphatic carboxylic acids is 1. The predicted molar refractivity (Wildman–Crippen MR) is 142 cm³/mol. The highest BCUT2D eigenvalue weighted by atomic mass is 19.1. The van der Waals surface area contributed by atoms with Crippen LogP contribution in [-0.4, -0.2) is 79.0 Å². The van der Waals surface area contributed by atoms with Crippen LogP contribution in [0.1, 0.15) is 18.4 Å². The van der Waals surface area contributed by atoms with Crippen LogP contribution in [0.4, 0.5) is 20.7 Å². The molecule has 1 fully saturated rings. The Morgan fingerprint density at radius 2 is 1.95 bits per heavy atom. The zero-order valence-electron chi connectivity index (χ0n) is 21.3. The lowest BCUT2D eigenvalue weighted by Gasteiger charge is -2.32. The Bertz CT molecular complexity index is 1170. The predicted octanol–water partition coefficient (Wildman–Crippen LogP) is 1.50. The Balaban J connectivity index is 1.21. The van der Waals surface area contributed by atoms with E-state index < -0.39 is 24.3 Å². The highest BCUT2D eigenvalue weighted by molar-refractivity contribution is 5.94. The molecule has 1 saturated heterocycles. The largest absolute Gasteiger partial charge is 0.480 e. The van der Waals surface area contributed by atoms with Gasteiger partial charge in [-0.2, -0.15) is 0 Å². The number of anilines is 2. The lowest BCUT2D eigenvalue weighted by molar-refractivity contribution is -0.139. The maximum absolute atomic E-state index is 13.3. The molecular formula is C26H32FN7O5. The number of hydrogen-bond acceptors (Lipinski definition) is 9. The SMILES string of the molecule is O=C(N[C@@H](CNC(=O)C1CCN(c2cc(NC3=NCC(F)CN3)ccn2)CC1)C(=O)O)OCc1ccccc1. The highest BCUT2D eigenvalue weighted by Gasteiger charge is 2.28. The Hall–Kier alpha value is -4.42. The van der Waals surface area contributed by atoms with Crippen LogP contribution in [-0.2, 0) is 20.9 Å². The summed E-state index contributed by atoms with van der Waals surface area (Å²) in [5.74, 6) is -0.592. The second kappa shape index (κ2) is 13.4. The van der Waals surface area contributed by atoms with Crippen LogP contribution >= 0.6 is 0 Å². The summed E-state index contributed by atoms with van der Waals surface area (Å²) in [6.45, 7) is 1.24. The zero-order valence-corrected chi connectivity index (χ0v) is 21.3. The standard InChI is InChI=1S/C26H32FN7O5/c27-19-13-30-25(31-14-19)32-20-6-9-28-22(12-20)34-10-7-18(8-11-34)23(35)29-15-21(24(36)37)33-26(38)39-16-17-4-2-1-3-5-17/h1-6,9,12,18-19,21H,7-8,10-11,13-16H2,(H,29,35)(H,33,38)(H,36,37)(H2,28,30,31,32)/t21-/m0/s1. The Labute approximate surface area is 225 Å². The number of amides is 2. The molecule has 0 saturated carbocycles. The second-order valence-corrected chi connectivity index (χ2v) is 9.30. The Morgan fingerprint density at radius 3 is 2.64 bits per heavy atom. The number of alkyl carbamates (subject to hydrolysis) is 1. The minimum absolute atomic E-state index is 0.00295. The molecule has 12 nitrogen and oxygen atoms in total. The third kappa shape index (κ3) is 8.28. The van der Waals surface area contributed by atoms with E-state index in [-0.39, 0.29) is 38.1 Å². The molecule has 1 unspecified atom stereocenters. The van der Waals surface area contributed by atoms with Crippen LogP contribution in [0.5, 0.6) is 0 Å². The monoisotopic (exact) mass is 541 g/mol. The third-order valence-electron chi connectivity index (χ3n) is 6.42. The van der Waals surface area contributed by atoms with E-state index in [1.165, 1.54) is 0 Å². The number of aliphatic imine (C=N–C) groups is 1. The molecule has 0 bridgehead atoms. The fraction of sp³-hybridized carbons (Fsp3) is 0.423. The van der Waals surface area contributed by atoms with E-state index in [0.29, 0.717) is 31.9 Å². The van der Waals surface area contributed by atoms with Crippen LogP contribution < -0.4 is 26.2 Å². The molecule has 2 amide bonds. The quantitative estimate of drug-likeness (QED) is 0.317. The smallest absolute Gasteiger partial charge is 0.408 e. The van der Waals surface area contributed by atoms with Gasteiger partial charge in [-0.25, -0.2) is 24.0 Å². The molecule has 39 heavy (non-hydrogen) atoms. The van der Waals surface area contributed by atoms with Crippen molar-refractivity contribution in [3.63, 3.8) is 0 Å². The summed E-state index contributed by atoms with van der Waals surface area (Å²) < 4.78 is 18.3. The van der Waals surface area contributed by atoms with Crippen LogP contribution in [0.25, 0.3) is 0 Å². The number of aromatic nitrogens is 1. The topological polar surface area (TPSA) is 157 Å². The zero-order chi connectivity index (χ0) is 27.6. The number of halogens is 1. The number of guanidine groups is 1.